The van der Waals surface area contributed by atoms with E-state index >= 15 is 0 Å². The van der Waals surface area contributed by atoms with Crippen LogP contribution in [0.15, 0.2) is 66.2 Å². The van der Waals surface area contributed by atoms with Gasteiger partial charge < -0.3 is 19.6 Å². The lowest BCUT2D eigenvalue weighted by molar-refractivity contribution is -0.132. The zero-order chi connectivity index (χ0) is 26.3. The highest BCUT2D eigenvalue weighted by Crippen LogP contribution is 2.44. The fraction of sp³-hybridized carbons (Fsp3) is 0.148. The maximum atomic E-state index is 13.4. The van der Waals surface area contributed by atoms with Crippen molar-refractivity contribution in [1.29, 1.82) is 0 Å². The minimum absolute atomic E-state index is 0.128. The SMILES string of the molecule is CCOc1cc(C2/C(=C(\O)c3ccc(Cl)c(Cl)c3)C(=O)C(=O)N2c2nc3ccccc3[nH]2)ccc1OC. The van der Waals surface area contributed by atoms with Crippen LogP contribution >= 0.6 is 23.2 Å². The second-order valence-corrected chi connectivity index (χ2v) is 9.03. The summed E-state index contributed by atoms with van der Waals surface area (Å²) in [6.45, 7) is 2.20. The lowest BCUT2D eigenvalue weighted by Crippen LogP contribution is -2.30. The number of carbonyl (C=O) groups excluding carboxylic acids is 2. The predicted molar refractivity (Wildman–Crippen MR) is 142 cm³/mol. The number of ether oxygens (including phenoxy) is 2. The lowest BCUT2D eigenvalue weighted by atomic mass is 9.95. The van der Waals surface area contributed by atoms with Gasteiger partial charge in [-0.05, 0) is 55.0 Å². The van der Waals surface area contributed by atoms with Crippen molar-refractivity contribution < 1.29 is 24.2 Å². The summed E-state index contributed by atoms with van der Waals surface area (Å²) in [5, 5.41) is 11.8. The fourth-order valence-corrected chi connectivity index (χ4v) is 4.65. The fourth-order valence-electron chi connectivity index (χ4n) is 4.35. The van der Waals surface area contributed by atoms with Crippen molar-refractivity contribution in [2.24, 2.45) is 0 Å². The molecule has 4 aromatic rings. The van der Waals surface area contributed by atoms with Crippen LogP contribution in [0.5, 0.6) is 11.5 Å². The number of methoxy groups -OCH3 is 1. The Morgan fingerprint density at radius 2 is 1.84 bits per heavy atom. The molecule has 0 saturated carbocycles. The van der Waals surface area contributed by atoms with Gasteiger partial charge in [0.05, 0.1) is 46.4 Å². The molecule has 1 amide bonds. The van der Waals surface area contributed by atoms with Crippen LogP contribution in [0.3, 0.4) is 0 Å². The van der Waals surface area contributed by atoms with E-state index in [9.17, 15) is 14.7 Å². The average Bonchev–Trinajstić information content (AvgIpc) is 3.43. The molecule has 8 nitrogen and oxygen atoms in total. The molecule has 1 fully saturated rings. The number of imidazole rings is 1. The number of nitrogens with one attached hydrogen (secondary N) is 1. The zero-order valence-corrected chi connectivity index (χ0v) is 21.3. The highest BCUT2D eigenvalue weighted by atomic mass is 35.5. The molecule has 1 aromatic heterocycles. The number of aliphatic hydroxyl groups is 1. The van der Waals surface area contributed by atoms with Gasteiger partial charge in [0.15, 0.2) is 11.5 Å². The van der Waals surface area contributed by atoms with Gasteiger partial charge in [-0.25, -0.2) is 4.98 Å². The van der Waals surface area contributed by atoms with E-state index in [0.717, 1.165) is 0 Å². The summed E-state index contributed by atoms with van der Waals surface area (Å²) >= 11 is 12.2. The number of para-hydroxylation sites is 2. The molecule has 37 heavy (non-hydrogen) atoms. The number of nitrogens with zero attached hydrogens (tertiary/aromatic N) is 2. The number of Topliss-reactive ketones (excluding diaryl/α,β-unsaturated/α-hetero) is 1. The van der Waals surface area contributed by atoms with Crippen molar-refractivity contribution in [2.75, 3.05) is 18.6 Å². The monoisotopic (exact) mass is 537 g/mol. The number of carbonyl (C=O) groups is 2. The summed E-state index contributed by atoms with van der Waals surface area (Å²) in [6.07, 6.45) is 0. The van der Waals surface area contributed by atoms with E-state index < -0.39 is 23.5 Å². The number of aromatic nitrogens is 2. The molecule has 3 aromatic carbocycles. The van der Waals surface area contributed by atoms with Gasteiger partial charge in [-0.15, -0.1) is 0 Å². The van der Waals surface area contributed by atoms with Crippen LogP contribution < -0.4 is 14.4 Å². The van der Waals surface area contributed by atoms with Crippen LogP contribution in [-0.4, -0.2) is 40.5 Å². The summed E-state index contributed by atoms with van der Waals surface area (Å²) in [5.74, 6) is -1.05. The number of ketones is 1. The number of aliphatic hydroxyl groups excluding tert-OH is 1. The number of hydrogen-bond acceptors (Lipinski definition) is 6. The first-order valence-corrected chi connectivity index (χ1v) is 12.1. The molecule has 0 aliphatic carbocycles. The van der Waals surface area contributed by atoms with E-state index in [1.807, 2.05) is 25.1 Å². The number of amides is 1. The number of halogens is 2. The van der Waals surface area contributed by atoms with Gasteiger partial charge >= 0.3 is 5.91 Å². The molecule has 1 saturated heterocycles. The smallest absolute Gasteiger partial charge is 0.302 e. The number of fused-ring (bicyclic) bond motifs is 1. The van der Waals surface area contributed by atoms with Crippen molar-refractivity contribution in [2.45, 2.75) is 13.0 Å². The van der Waals surface area contributed by atoms with Crippen molar-refractivity contribution in [3.63, 3.8) is 0 Å². The Morgan fingerprint density at radius 1 is 1.05 bits per heavy atom. The maximum Gasteiger partial charge on any atom is 0.302 e. The molecule has 188 valence electrons. The predicted octanol–water partition coefficient (Wildman–Crippen LogP) is 5.90. The maximum absolute atomic E-state index is 13.4. The van der Waals surface area contributed by atoms with E-state index in [-0.39, 0.29) is 27.1 Å². The summed E-state index contributed by atoms with van der Waals surface area (Å²) in [4.78, 5) is 35.7. The molecule has 1 aliphatic heterocycles. The standard InChI is InChI=1S/C27H21Cl2N3O5/c1-3-37-21-13-14(9-11-20(21)36-2)23-22(24(33)15-8-10-16(28)17(29)12-15)25(34)26(35)32(23)27-30-18-6-4-5-7-19(18)31-27/h4-13,23,33H,3H2,1-2H3,(H,30,31)/b24-22+. The van der Waals surface area contributed by atoms with Crippen molar-refractivity contribution in [1.82, 2.24) is 9.97 Å². The summed E-state index contributed by atoms with van der Waals surface area (Å²) in [5.41, 5.74) is 1.92. The van der Waals surface area contributed by atoms with E-state index in [1.54, 1.807) is 24.3 Å². The number of anilines is 1. The molecule has 1 aliphatic rings. The Bertz CT molecular complexity index is 1550. The van der Waals surface area contributed by atoms with E-state index in [1.165, 1.54) is 30.2 Å². The second-order valence-electron chi connectivity index (χ2n) is 8.22. The first kappa shape index (κ1) is 24.7. The van der Waals surface area contributed by atoms with Gasteiger partial charge in [-0.1, -0.05) is 41.4 Å². The molecular formula is C27H21Cl2N3O5. The largest absolute Gasteiger partial charge is 0.507 e. The Hall–Kier alpha value is -4.01. The quantitative estimate of drug-likeness (QED) is 0.180. The lowest BCUT2D eigenvalue weighted by Gasteiger charge is -2.24. The minimum atomic E-state index is -1.03. The molecule has 1 atom stereocenters. The van der Waals surface area contributed by atoms with E-state index in [0.29, 0.717) is 34.7 Å². The van der Waals surface area contributed by atoms with Gasteiger partial charge in [-0.3, -0.25) is 14.5 Å². The van der Waals surface area contributed by atoms with Crippen LogP contribution in [0.2, 0.25) is 10.0 Å². The van der Waals surface area contributed by atoms with Gasteiger partial charge in [0.25, 0.3) is 5.78 Å². The molecular weight excluding hydrogens is 517 g/mol. The molecule has 0 radical (unpaired) electrons. The van der Waals surface area contributed by atoms with Gasteiger partial charge in [-0.2, -0.15) is 0 Å². The highest BCUT2D eigenvalue weighted by molar-refractivity contribution is 6.51. The van der Waals surface area contributed by atoms with Gasteiger partial charge in [0, 0.05) is 5.56 Å². The summed E-state index contributed by atoms with van der Waals surface area (Å²) in [6, 6.07) is 15.7. The first-order chi connectivity index (χ1) is 17.8. The van der Waals surface area contributed by atoms with Crippen molar-refractivity contribution >= 4 is 57.6 Å². The third-order valence-corrected chi connectivity index (χ3v) is 6.78. The van der Waals surface area contributed by atoms with Gasteiger partial charge in [0.2, 0.25) is 5.95 Å². The normalized spacial score (nSPS) is 17.0. The molecule has 2 N–H and O–H groups in total. The number of rotatable bonds is 6. The Balaban J connectivity index is 1.75. The Morgan fingerprint density at radius 3 is 2.54 bits per heavy atom. The highest BCUT2D eigenvalue weighted by Gasteiger charge is 2.48. The van der Waals surface area contributed by atoms with Crippen LogP contribution in [0.1, 0.15) is 24.1 Å². The third kappa shape index (κ3) is 4.28. The summed E-state index contributed by atoms with van der Waals surface area (Å²) < 4.78 is 11.1. The number of benzene rings is 3. The number of aromatic amines is 1. The molecule has 2 heterocycles. The number of H-pyrrole nitrogens is 1. The van der Waals surface area contributed by atoms with Gasteiger partial charge in [0.1, 0.15) is 5.76 Å². The van der Waals surface area contributed by atoms with Crippen LogP contribution in [0.25, 0.3) is 16.8 Å². The second kappa shape index (κ2) is 9.80. The number of hydrogen-bond donors (Lipinski definition) is 2. The first-order valence-electron chi connectivity index (χ1n) is 11.4. The Kier molecular flexibility index (Phi) is 6.54. The Labute approximate surface area is 222 Å². The van der Waals surface area contributed by atoms with Crippen molar-refractivity contribution in [3.05, 3.63) is 87.4 Å². The van der Waals surface area contributed by atoms with E-state index in [2.05, 4.69) is 9.97 Å². The molecule has 10 heteroatoms. The van der Waals surface area contributed by atoms with Crippen LogP contribution in [0, 0.1) is 0 Å². The van der Waals surface area contributed by atoms with E-state index in [4.69, 9.17) is 32.7 Å². The molecule has 0 bridgehead atoms. The molecule has 0 spiro atoms. The average molecular weight is 538 g/mol. The van der Waals surface area contributed by atoms with Crippen LogP contribution in [-0.2, 0) is 9.59 Å². The van der Waals surface area contributed by atoms with Crippen LogP contribution in [0.4, 0.5) is 5.95 Å². The molecule has 1 unspecified atom stereocenters. The third-order valence-electron chi connectivity index (χ3n) is 6.05. The van der Waals surface area contributed by atoms with Crippen molar-refractivity contribution in [3.8, 4) is 11.5 Å². The minimum Gasteiger partial charge on any atom is -0.507 e. The molecule has 5 rings (SSSR count). The topological polar surface area (TPSA) is 105 Å². The zero-order valence-electron chi connectivity index (χ0n) is 19.8. The summed E-state index contributed by atoms with van der Waals surface area (Å²) in [7, 11) is 1.52.